The van der Waals surface area contributed by atoms with Gasteiger partial charge in [0, 0.05) is 25.6 Å². The summed E-state index contributed by atoms with van der Waals surface area (Å²) in [6, 6.07) is 15.3. The molecule has 0 aliphatic rings. The zero-order chi connectivity index (χ0) is 40.6. The summed E-state index contributed by atoms with van der Waals surface area (Å²) in [6.07, 6.45) is -5.28. The fourth-order valence-corrected chi connectivity index (χ4v) is 8.36. The Morgan fingerprint density at radius 3 is 2.00 bits per heavy atom. The Balaban J connectivity index is 2.01. The van der Waals surface area contributed by atoms with Crippen LogP contribution in [0.1, 0.15) is 75.1 Å². The van der Waals surface area contributed by atoms with E-state index in [-0.39, 0.29) is 24.9 Å². The summed E-state index contributed by atoms with van der Waals surface area (Å²) < 4.78 is 102. The molecule has 0 saturated carbocycles. The van der Waals surface area contributed by atoms with E-state index in [9.17, 15) is 44.8 Å². The van der Waals surface area contributed by atoms with Gasteiger partial charge in [-0.1, -0.05) is 88.2 Å². The summed E-state index contributed by atoms with van der Waals surface area (Å²) in [7, 11) is -4.04. The second-order valence-corrected chi connectivity index (χ2v) is 15.8. The van der Waals surface area contributed by atoms with E-state index >= 15 is 0 Å². The molecule has 3 rings (SSSR count). The van der Waals surface area contributed by atoms with Crippen LogP contribution in [-0.4, -0.2) is 68.1 Å². The van der Waals surface area contributed by atoms with Crippen molar-refractivity contribution in [1.29, 1.82) is 0 Å². The number of esters is 1. The minimum atomic E-state index is -5.44. The van der Waals surface area contributed by atoms with Gasteiger partial charge in [-0.05, 0) is 66.5 Å². The summed E-state index contributed by atoms with van der Waals surface area (Å²) in [6.45, 7) is 5.20. The van der Waals surface area contributed by atoms with E-state index in [1.165, 1.54) is 0 Å². The van der Waals surface area contributed by atoms with Gasteiger partial charge in [-0.25, -0.2) is 22.0 Å². The van der Waals surface area contributed by atoms with Crippen LogP contribution in [0.15, 0.2) is 72.8 Å². The van der Waals surface area contributed by atoms with Gasteiger partial charge in [0.2, 0.25) is 11.8 Å². The summed E-state index contributed by atoms with van der Waals surface area (Å²) in [5.74, 6) is -7.19. The number of rotatable bonds is 22. The lowest BCUT2D eigenvalue weighted by Crippen LogP contribution is -2.58. The zero-order valence-electron chi connectivity index (χ0n) is 31.3. The third kappa shape index (κ3) is 15.4. The lowest BCUT2D eigenvalue weighted by Gasteiger charge is -2.31. The Bertz CT molecular complexity index is 1780. The highest BCUT2D eigenvalue weighted by Crippen LogP contribution is 2.21. The molecule has 0 aliphatic heterocycles. The van der Waals surface area contributed by atoms with Gasteiger partial charge in [-0.15, -0.1) is 0 Å². The lowest BCUT2D eigenvalue weighted by molar-refractivity contribution is -0.206. The van der Waals surface area contributed by atoms with E-state index in [2.05, 4.69) is 16.0 Å². The van der Waals surface area contributed by atoms with Gasteiger partial charge >= 0.3 is 12.1 Å². The molecule has 0 bridgehead atoms. The molecule has 2 amide bonds. The predicted octanol–water partition coefficient (Wildman–Crippen LogP) is 6.32. The maximum atomic E-state index is 14.3. The maximum absolute atomic E-state index is 14.3. The first-order chi connectivity index (χ1) is 26.0. The average Bonchev–Trinajstić information content (AvgIpc) is 3.12. The molecular formula is C40H50F5N3O6S. The fraction of sp³-hybridized carbons (Fsp3) is 0.475. The number of carbonyl (C=O) groups excluding carboxylic acids is 3. The molecule has 3 aromatic rings. The Morgan fingerprint density at radius 2 is 1.40 bits per heavy atom. The number of ether oxygens (including phenoxy) is 1. The number of carbonyl (C=O) groups is 3. The third-order valence-electron chi connectivity index (χ3n) is 8.98. The van der Waals surface area contributed by atoms with Crippen molar-refractivity contribution < 1.29 is 49.5 Å². The first-order valence-electron chi connectivity index (χ1n) is 18.4. The largest absolute Gasteiger partial charge is 0.490 e. The molecule has 15 heteroatoms. The van der Waals surface area contributed by atoms with Crippen molar-refractivity contribution in [3.8, 4) is 0 Å². The van der Waals surface area contributed by atoms with Crippen molar-refractivity contribution in [3.05, 3.63) is 107 Å². The molecule has 55 heavy (non-hydrogen) atoms. The molecule has 3 aromatic carbocycles. The quantitative estimate of drug-likeness (QED) is 0.0802. The molecule has 302 valence electrons. The number of halogens is 5. The van der Waals surface area contributed by atoms with Crippen LogP contribution in [0.5, 0.6) is 0 Å². The minimum absolute atomic E-state index is 0.103. The number of amides is 2. The second kappa shape index (κ2) is 21.6. The first-order valence-corrected chi connectivity index (χ1v) is 20.1. The first kappa shape index (κ1) is 45.0. The highest BCUT2D eigenvalue weighted by Gasteiger charge is 2.44. The lowest BCUT2D eigenvalue weighted by atomic mass is 9.99. The summed E-state index contributed by atoms with van der Waals surface area (Å²) >= 11 is 0. The Morgan fingerprint density at radius 1 is 0.782 bits per heavy atom. The topological polar surface area (TPSA) is 131 Å². The number of sulfone groups is 1. The van der Waals surface area contributed by atoms with E-state index in [0.717, 1.165) is 35.2 Å². The van der Waals surface area contributed by atoms with E-state index in [4.69, 9.17) is 4.74 Å². The highest BCUT2D eigenvalue weighted by atomic mass is 32.2. The molecule has 0 aliphatic carbocycles. The average molecular weight is 796 g/mol. The number of aryl methyl sites for hydroxylation is 2. The minimum Gasteiger partial charge on any atom is -0.452 e. The predicted molar refractivity (Wildman–Crippen MR) is 200 cm³/mol. The molecule has 0 aromatic heterocycles. The fourth-order valence-electron chi connectivity index (χ4n) is 6.20. The molecule has 0 saturated heterocycles. The normalized spacial score (nSPS) is 13.5. The third-order valence-corrected chi connectivity index (χ3v) is 11.3. The van der Waals surface area contributed by atoms with Crippen molar-refractivity contribution in [2.45, 2.75) is 108 Å². The van der Waals surface area contributed by atoms with Crippen molar-refractivity contribution in [3.63, 3.8) is 0 Å². The second-order valence-electron chi connectivity index (χ2n) is 13.5. The van der Waals surface area contributed by atoms with E-state index < -0.39 is 87.6 Å². The molecule has 0 unspecified atom stereocenters. The Kier molecular flexibility index (Phi) is 17.7. The highest BCUT2D eigenvalue weighted by molar-refractivity contribution is 7.92. The Hall–Kier alpha value is -4.37. The van der Waals surface area contributed by atoms with Gasteiger partial charge < -0.3 is 20.7 Å². The van der Waals surface area contributed by atoms with Crippen LogP contribution < -0.4 is 16.0 Å². The summed E-state index contributed by atoms with van der Waals surface area (Å²) in [5, 5.41) is 7.09. The van der Waals surface area contributed by atoms with Crippen molar-refractivity contribution in [2.24, 2.45) is 0 Å². The van der Waals surface area contributed by atoms with Crippen LogP contribution in [-0.2, 0) is 54.8 Å². The SMILES string of the molecule is CCCC(CCC)S(=O)(=O)C[C@H](NC(=O)CCc1ccccc1)C(=O)N[C@@H](Cc1cc(F)cc(F)c1)[C@@H](CNCc1cccc(CC)c1)OC(=O)C(F)(F)F. The standard InChI is InChI=1S/C40H50F5N3O6S/c1-4-11-33(12-5-2)55(52,53)26-35(47-37(49)18-17-28-13-8-7-9-14-28)38(50)48-34(22-30-20-31(41)23-32(42)21-30)36(54-39(51)40(43,44)45)25-46-24-29-16-10-15-27(6-3)19-29/h7-10,13-16,19-21,23,33-36,46H,4-6,11-12,17-18,22,24-26H2,1-3H3,(H,47,49)(H,48,50)/t34-,35-,36+/m0/s1. The molecule has 9 nitrogen and oxygen atoms in total. The molecule has 0 heterocycles. The van der Waals surface area contributed by atoms with Gasteiger partial charge in [0.15, 0.2) is 9.84 Å². The van der Waals surface area contributed by atoms with Crippen molar-refractivity contribution >= 4 is 27.6 Å². The van der Waals surface area contributed by atoms with Gasteiger partial charge in [0.1, 0.15) is 23.8 Å². The summed E-state index contributed by atoms with van der Waals surface area (Å²) in [5.41, 5.74) is 2.45. The number of alkyl halides is 3. The van der Waals surface area contributed by atoms with Gasteiger partial charge in [0.05, 0.1) is 17.0 Å². The molecule has 0 radical (unpaired) electrons. The number of hydrogen-bond donors (Lipinski definition) is 3. The van der Waals surface area contributed by atoms with Crippen molar-refractivity contribution in [1.82, 2.24) is 16.0 Å². The molecule has 0 spiro atoms. The molecule has 3 N–H and O–H groups in total. The van der Waals surface area contributed by atoms with Crippen molar-refractivity contribution in [2.75, 3.05) is 12.3 Å². The van der Waals surface area contributed by atoms with E-state index in [1.54, 1.807) is 42.5 Å². The van der Waals surface area contributed by atoms with Crippen LogP contribution >= 0.6 is 0 Å². The number of nitrogens with one attached hydrogen (secondary N) is 3. The molecule has 3 atom stereocenters. The van der Waals surface area contributed by atoms with Crippen LogP contribution in [0.25, 0.3) is 0 Å². The van der Waals surface area contributed by atoms with E-state index in [0.29, 0.717) is 31.7 Å². The van der Waals surface area contributed by atoms with E-state index in [1.807, 2.05) is 32.9 Å². The van der Waals surface area contributed by atoms with Crippen LogP contribution in [0.3, 0.4) is 0 Å². The monoisotopic (exact) mass is 795 g/mol. The van der Waals surface area contributed by atoms with Crippen LogP contribution in [0.4, 0.5) is 22.0 Å². The van der Waals surface area contributed by atoms with Crippen LogP contribution in [0.2, 0.25) is 0 Å². The molecular weight excluding hydrogens is 746 g/mol. The Labute approximate surface area is 319 Å². The molecule has 0 fully saturated rings. The van der Waals surface area contributed by atoms with Gasteiger partial charge in [-0.2, -0.15) is 13.2 Å². The number of hydrogen-bond acceptors (Lipinski definition) is 7. The zero-order valence-corrected chi connectivity index (χ0v) is 32.1. The smallest absolute Gasteiger partial charge is 0.452 e. The van der Waals surface area contributed by atoms with Crippen LogP contribution in [0, 0.1) is 11.6 Å². The maximum Gasteiger partial charge on any atom is 0.490 e. The van der Waals surface area contributed by atoms with Gasteiger partial charge in [0.25, 0.3) is 0 Å². The summed E-state index contributed by atoms with van der Waals surface area (Å²) in [4.78, 5) is 39.6. The van der Waals surface area contributed by atoms with Gasteiger partial charge in [-0.3, -0.25) is 9.59 Å². The number of benzene rings is 3.